The maximum absolute atomic E-state index is 13.1. The van der Waals surface area contributed by atoms with Gasteiger partial charge in [-0.1, -0.05) is 36.4 Å². The van der Waals surface area contributed by atoms with Crippen LogP contribution in [0.1, 0.15) is 29.2 Å². The molecule has 0 fully saturated rings. The lowest BCUT2D eigenvalue weighted by Gasteiger charge is -2.29. The number of alkyl halides is 3. The number of aliphatic hydroxyl groups excluding tert-OH is 1. The lowest BCUT2D eigenvalue weighted by molar-refractivity contribution is -0.139. The number of rotatable bonds is 4. The van der Waals surface area contributed by atoms with Gasteiger partial charge in [0.25, 0.3) is 0 Å². The second kappa shape index (κ2) is 7.51. The SMILES string of the molecule is Oc1ccc(C2=CCN(C[C@H](O)c3ccccc3C(F)(F)F)CC2)cc1. The van der Waals surface area contributed by atoms with E-state index in [1.807, 2.05) is 23.1 Å². The standard InChI is InChI=1S/C20H20F3NO2/c21-20(22,23)18-4-2-1-3-17(18)19(26)13-24-11-9-15(10-12-24)14-5-7-16(25)8-6-14/h1-9,19,25-26H,10-13H2/t19-/m0/s1. The second-order valence-corrected chi connectivity index (χ2v) is 6.39. The molecule has 3 rings (SSSR count). The van der Waals surface area contributed by atoms with Crippen molar-refractivity contribution in [3.63, 3.8) is 0 Å². The van der Waals surface area contributed by atoms with Crippen molar-refractivity contribution < 1.29 is 23.4 Å². The Labute approximate surface area is 150 Å². The Hall–Kier alpha value is -2.31. The number of phenolic OH excluding ortho intramolecular Hbond substituents is 1. The molecule has 1 heterocycles. The van der Waals surface area contributed by atoms with E-state index in [0.29, 0.717) is 13.1 Å². The van der Waals surface area contributed by atoms with Gasteiger partial charge in [-0.15, -0.1) is 0 Å². The van der Waals surface area contributed by atoms with Crippen molar-refractivity contribution in [2.75, 3.05) is 19.6 Å². The summed E-state index contributed by atoms with van der Waals surface area (Å²) in [5.74, 6) is 0.207. The molecule has 2 aromatic rings. The highest BCUT2D eigenvalue weighted by atomic mass is 19.4. The first kappa shape index (κ1) is 18.5. The normalized spacial score (nSPS) is 17.0. The van der Waals surface area contributed by atoms with Crippen molar-refractivity contribution in [1.82, 2.24) is 4.90 Å². The van der Waals surface area contributed by atoms with Crippen molar-refractivity contribution in [3.8, 4) is 5.75 Å². The summed E-state index contributed by atoms with van der Waals surface area (Å²) >= 11 is 0. The van der Waals surface area contributed by atoms with E-state index < -0.39 is 17.8 Å². The van der Waals surface area contributed by atoms with Gasteiger partial charge >= 0.3 is 6.18 Å². The van der Waals surface area contributed by atoms with Crippen molar-refractivity contribution >= 4 is 5.57 Å². The van der Waals surface area contributed by atoms with Crippen molar-refractivity contribution in [1.29, 1.82) is 0 Å². The summed E-state index contributed by atoms with van der Waals surface area (Å²) in [6.45, 7) is 1.35. The zero-order valence-electron chi connectivity index (χ0n) is 14.1. The van der Waals surface area contributed by atoms with Gasteiger partial charge in [0.1, 0.15) is 5.75 Å². The Balaban J connectivity index is 1.67. The van der Waals surface area contributed by atoms with Crippen LogP contribution >= 0.6 is 0 Å². The van der Waals surface area contributed by atoms with E-state index in [4.69, 9.17) is 0 Å². The quantitative estimate of drug-likeness (QED) is 0.854. The summed E-state index contributed by atoms with van der Waals surface area (Å²) in [5.41, 5.74) is 1.27. The average molecular weight is 363 g/mol. The number of halogens is 3. The molecule has 138 valence electrons. The number of hydrogen-bond donors (Lipinski definition) is 2. The maximum atomic E-state index is 13.1. The van der Waals surface area contributed by atoms with Crippen LogP contribution in [0.25, 0.3) is 5.57 Å². The highest BCUT2D eigenvalue weighted by Gasteiger charge is 2.35. The lowest BCUT2D eigenvalue weighted by Crippen LogP contribution is -2.33. The molecule has 3 nitrogen and oxygen atoms in total. The third kappa shape index (κ3) is 4.26. The van der Waals surface area contributed by atoms with Gasteiger partial charge in [0.05, 0.1) is 11.7 Å². The van der Waals surface area contributed by atoms with Crippen LogP contribution in [0.3, 0.4) is 0 Å². The number of hydrogen-bond acceptors (Lipinski definition) is 3. The maximum Gasteiger partial charge on any atom is 0.416 e. The Bertz CT molecular complexity index is 784. The van der Waals surface area contributed by atoms with E-state index in [-0.39, 0.29) is 17.9 Å². The molecule has 0 radical (unpaired) electrons. The van der Waals surface area contributed by atoms with Crippen LogP contribution in [0.2, 0.25) is 0 Å². The highest BCUT2D eigenvalue weighted by Crippen LogP contribution is 2.35. The smallest absolute Gasteiger partial charge is 0.416 e. The summed E-state index contributed by atoms with van der Waals surface area (Å²) in [7, 11) is 0. The van der Waals surface area contributed by atoms with Crippen LogP contribution in [0.15, 0.2) is 54.6 Å². The number of aliphatic hydroxyl groups is 1. The Morgan fingerprint density at radius 1 is 1.04 bits per heavy atom. The van der Waals surface area contributed by atoms with Gasteiger partial charge in [0, 0.05) is 19.6 Å². The molecule has 0 aromatic heterocycles. The molecule has 0 bridgehead atoms. The minimum Gasteiger partial charge on any atom is -0.508 e. The molecule has 1 aliphatic rings. The molecule has 1 atom stereocenters. The zero-order chi connectivity index (χ0) is 18.7. The fraction of sp³-hybridized carbons (Fsp3) is 0.300. The largest absolute Gasteiger partial charge is 0.508 e. The number of aromatic hydroxyl groups is 1. The first-order valence-electron chi connectivity index (χ1n) is 8.39. The van der Waals surface area contributed by atoms with Gasteiger partial charge in [0.2, 0.25) is 0 Å². The second-order valence-electron chi connectivity index (χ2n) is 6.39. The van der Waals surface area contributed by atoms with E-state index >= 15 is 0 Å². The molecular weight excluding hydrogens is 343 g/mol. The molecule has 0 spiro atoms. The van der Waals surface area contributed by atoms with Crippen LogP contribution in [-0.4, -0.2) is 34.7 Å². The predicted molar refractivity (Wildman–Crippen MR) is 93.5 cm³/mol. The highest BCUT2D eigenvalue weighted by molar-refractivity contribution is 5.67. The molecule has 6 heteroatoms. The van der Waals surface area contributed by atoms with Crippen LogP contribution in [-0.2, 0) is 6.18 Å². The minimum atomic E-state index is -4.48. The molecule has 0 unspecified atom stereocenters. The summed E-state index contributed by atoms with van der Waals surface area (Å²) in [6.07, 6.45) is -2.93. The number of nitrogens with zero attached hydrogens (tertiary/aromatic N) is 1. The fourth-order valence-electron chi connectivity index (χ4n) is 3.20. The van der Waals surface area contributed by atoms with E-state index in [0.717, 1.165) is 23.6 Å². The fourth-order valence-corrected chi connectivity index (χ4v) is 3.20. The average Bonchev–Trinajstić information content (AvgIpc) is 2.62. The first-order chi connectivity index (χ1) is 12.3. The van der Waals surface area contributed by atoms with Crippen molar-refractivity contribution in [2.45, 2.75) is 18.7 Å². The molecule has 0 saturated heterocycles. The lowest BCUT2D eigenvalue weighted by atomic mass is 9.98. The van der Waals surface area contributed by atoms with Gasteiger partial charge in [-0.05, 0) is 41.3 Å². The van der Waals surface area contributed by atoms with Crippen molar-refractivity contribution in [3.05, 3.63) is 71.3 Å². The number of benzene rings is 2. The predicted octanol–water partition coefficient (Wildman–Crippen LogP) is 4.23. The van der Waals surface area contributed by atoms with Crippen LogP contribution in [0.5, 0.6) is 5.75 Å². The molecule has 1 aliphatic heterocycles. The summed E-state index contributed by atoms with van der Waals surface area (Å²) < 4.78 is 39.3. The first-order valence-corrected chi connectivity index (χ1v) is 8.39. The number of phenols is 1. The topological polar surface area (TPSA) is 43.7 Å². The molecule has 2 aromatic carbocycles. The van der Waals surface area contributed by atoms with Gasteiger partial charge in [-0.3, -0.25) is 4.90 Å². The van der Waals surface area contributed by atoms with Crippen LogP contribution in [0.4, 0.5) is 13.2 Å². The monoisotopic (exact) mass is 363 g/mol. The van der Waals surface area contributed by atoms with E-state index in [1.54, 1.807) is 12.1 Å². The summed E-state index contributed by atoms with van der Waals surface area (Å²) in [4.78, 5) is 1.93. The summed E-state index contributed by atoms with van der Waals surface area (Å²) in [6, 6.07) is 12.1. The molecule has 0 amide bonds. The molecule has 0 aliphatic carbocycles. The van der Waals surface area contributed by atoms with Crippen LogP contribution < -0.4 is 0 Å². The van der Waals surface area contributed by atoms with E-state index in [1.165, 1.54) is 18.2 Å². The third-order valence-corrected chi connectivity index (χ3v) is 4.59. The van der Waals surface area contributed by atoms with E-state index in [9.17, 15) is 23.4 Å². The Morgan fingerprint density at radius 2 is 1.73 bits per heavy atom. The third-order valence-electron chi connectivity index (χ3n) is 4.59. The van der Waals surface area contributed by atoms with Crippen LogP contribution in [0, 0.1) is 0 Å². The Kier molecular flexibility index (Phi) is 5.34. The Morgan fingerprint density at radius 3 is 2.35 bits per heavy atom. The number of β-amino-alcohol motifs (C(OH)–C–C–N with tert-alkyl or cyclic N) is 1. The van der Waals surface area contributed by atoms with Gasteiger partial charge < -0.3 is 10.2 Å². The molecular formula is C20H20F3NO2. The zero-order valence-corrected chi connectivity index (χ0v) is 14.1. The van der Waals surface area contributed by atoms with E-state index in [2.05, 4.69) is 0 Å². The molecule has 26 heavy (non-hydrogen) atoms. The van der Waals surface area contributed by atoms with Gasteiger partial charge in [-0.25, -0.2) is 0 Å². The van der Waals surface area contributed by atoms with Gasteiger partial charge in [0.15, 0.2) is 0 Å². The molecule has 2 N–H and O–H groups in total. The molecule has 0 saturated carbocycles. The minimum absolute atomic E-state index is 0.0895. The van der Waals surface area contributed by atoms with Gasteiger partial charge in [-0.2, -0.15) is 13.2 Å². The summed E-state index contributed by atoms with van der Waals surface area (Å²) in [5, 5.41) is 19.7. The van der Waals surface area contributed by atoms with Crippen molar-refractivity contribution in [2.24, 2.45) is 0 Å².